The van der Waals surface area contributed by atoms with Crippen LogP contribution in [-0.2, 0) is 4.79 Å². The molecule has 0 aromatic heterocycles. The van der Waals surface area contributed by atoms with Crippen LogP contribution in [0, 0.1) is 11.2 Å². The van der Waals surface area contributed by atoms with E-state index in [1.165, 1.54) is 12.1 Å². The first-order valence-electron chi connectivity index (χ1n) is 7.41. The summed E-state index contributed by atoms with van der Waals surface area (Å²) in [6, 6.07) is 6.28. The molecule has 1 atom stereocenters. The van der Waals surface area contributed by atoms with Crippen molar-refractivity contribution >= 4 is 11.6 Å². The lowest BCUT2D eigenvalue weighted by atomic mass is 9.77. The number of nitrogens with zero attached hydrogens (tertiary/aromatic N) is 1. The van der Waals surface area contributed by atoms with Crippen molar-refractivity contribution < 1.29 is 9.18 Å². The Labute approximate surface area is 120 Å². The van der Waals surface area contributed by atoms with Crippen LogP contribution >= 0.6 is 0 Å². The Morgan fingerprint density at radius 3 is 2.80 bits per heavy atom. The summed E-state index contributed by atoms with van der Waals surface area (Å²) in [5.74, 6) is -0.193. The maximum Gasteiger partial charge on any atom is 0.234 e. The largest absolute Gasteiger partial charge is 0.316 e. The number of hydrogen-bond acceptors (Lipinski definition) is 2. The summed E-state index contributed by atoms with van der Waals surface area (Å²) < 4.78 is 13.4. The van der Waals surface area contributed by atoms with Gasteiger partial charge in [0.05, 0.1) is 5.41 Å². The van der Waals surface area contributed by atoms with Crippen LogP contribution in [-0.4, -0.2) is 25.5 Å². The average molecular weight is 278 g/mol. The quantitative estimate of drug-likeness (QED) is 0.918. The minimum Gasteiger partial charge on any atom is -0.316 e. The van der Waals surface area contributed by atoms with Crippen molar-refractivity contribution in [1.82, 2.24) is 5.32 Å². The van der Waals surface area contributed by atoms with Gasteiger partial charge in [-0.2, -0.15) is 0 Å². The SMILES string of the molecule is CCN(C(=O)C1(CC)CCCNC1)c1cccc(F)c1. The van der Waals surface area contributed by atoms with Crippen molar-refractivity contribution in [2.75, 3.05) is 24.5 Å². The van der Waals surface area contributed by atoms with E-state index in [0.717, 1.165) is 25.8 Å². The number of nitrogens with one attached hydrogen (secondary N) is 1. The minimum absolute atomic E-state index is 0.111. The van der Waals surface area contributed by atoms with Gasteiger partial charge in [-0.1, -0.05) is 13.0 Å². The molecule has 1 aromatic carbocycles. The van der Waals surface area contributed by atoms with Gasteiger partial charge < -0.3 is 10.2 Å². The third-order valence-electron chi connectivity index (χ3n) is 4.28. The van der Waals surface area contributed by atoms with Gasteiger partial charge in [-0.05, 0) is 50.9 Å². The van der Waals surface area contributed by atoms with Gasteiger partial charge in [0.2, 0.25) is 5.91 Å². The Balaban J connectivity index is 2.28. The van der Waals surface area contributed by atoms with Crippen LogP contribution in [0.25, 0.3) is 0 Å². The maximum absolute atomic E-state index is 13.4. The number of benzene rings is 1. The number of hydrogen-bond donors (Lipinski definition) is 1. The number of carbonyl (C=O) groups excluding carboxylic acids is 1. The Morgan fingerprint density at radius 2 is 2.25 bits per heavy atom. The highest BCUT2D eigenvalue weighted by Gasteiger charge is 2.40. The smallest absolute Gasteiger partial charge is 0.234 e. The fraction of sp³-hybridized carbons (Fsp3) is 0.562. The molecule has 1 saturated heterocycles. The van der Waals surface area contributed by atoms with Gasteiger partial charge in [-0.3, -0.25) is 4.79 Å². The van der Waals surface area contributed by atoms with Crippen molar-refractivity contribution in [1.29, 1.82) is 0 Å². The van der Waals surface area contributed by atoms with E-state index in [4.69, 9.17) is 0 Å². The Hall–Kier alpha value is -1.42. The molecule has 1 heterocycles. The molecule has 0 radical (unpaired) electrons. The molecule has 3 nitrogen and oxygen atoms in total. The molecule has 1 fully saturated rings. The molecule has 0 spiro atoms. The molecule has 110 valence electrons. The molecule has 1 aliphatic heterocycles. The number of carbonyl (C=O) groups is 1. The minimum atomic E-state index is -0.347. The van der Waals surface area contributed by atoms with Gasteiger partial charge in [0, 0.05) is 18.8 Å². The van der Waals surface area contributed by atoms with Gasteiger partial charge in [0.1, 0.15) is 5.82 Å². The predicted octanol–water partition coefficient (Wildman–Crippen LogP) is 2.96. The number of amides is 1. The van der Waals surface area contributed by atoms with Crippen LogP contribution < -0.4 is 10.2 Å². The lowest BCUT2D eigenvalue weighted by molar-refractivity contribution is -0.129. The van der Waals surface area contributed by atoms with E-state index in [-0.39, 0.29) is 17.1 Å². The third kappa shape index (κ3) is 2.85. The second-order valence-electron chi connectivity index (χ2n) is 5.44. The van der Waals surface area contributed by atoms with Gasteiger partial charge in [-0.25, -0.2) is 4.39 Å². The highest BCUT2D eigenvalue weighted by molar-refractivity contribution is 5.97. The Kier molecular flexibility index (Phi) is 4.76. The fourth-order valence-corrected chi connectivity index (χ4v) is 2.98. The summed E-state index contributed by atoms with van der Waals surface area (Å²) in [7, 11) is 0. The molecule has 0 saturated carbocycles. The van der Waals surface area contributed by atoms with E-state index in [2.05, 4.69) is 12.2 Å². The highest BCUT2D eigenvalue weighted by Crippen LogP contribution is 2.34. The Bertz CT molecular complexity index is 469. The van der Waals surface area contributed by atoms with E-state index in [0.29, 0.717) is 18.8 Å². The molecular weight excluding hydrogens is 255 g/mol. The van der Waals surface area contributed by atoms with Crippen molar-refractivity contribution in [3.8, 4) is 0 Å². The number of piperidine rings is 1. The van der Waals surface area contributed by atoms with E-state index in [1.54, 1.807) is 17.0 Å². The number of halogens is 1. The summed E-state index contributed by atoms with van der Waals surface area (Å²) in [6.45, 7) is 6.24. The van der Waals surface area contributed by atoms with Crippen LogP contribution in [0.4, 0.5) is 10.1 Å². The van der Waals surface area contributed by atoms with E-state index < -0.39 is 0 Å². The standard InChI is InChI=1S/C16H23FN2O/c1-3-16(9-6-10-18-12-16)15(20)19(4-2)14-8-5-7-13(17)11-14/h5,7-8,11,18H,3-4,6,9-10,12H2,1-2H3. The molecule has 1 unspecified atom stereocenters. The first kappa shape index (κ1) is 15.0. The topological polar surface area (TPSA) is 32.3 Å². The molecule has 1 aromatic rings. The number of rotatable bonds is 4. The first-order chi connectivity index (χ1) is 9.63. The van der Waals surface area contributed by atoms with Gasteiger partial charge in [0.15, 0.2) is 0 Å². The first-order valence-corrected chi connectivity index (χ1v) is 7.41. The van der Waals surface area contributed by atoms with E-state index >= 15 is 0 Å². The van der Waals surface area contributed by atoms with Gasteiger partial charge >= 0.3 is 0 Å². The second kappa shape index (κ2) is 6.35. The third-order valence-corrected chi connectivity index (χ3v) is 4.28. The lowest BCUT2D eigenvalue weighted by Crippen LogP contribution is -2.51. The summed E-state index contributed by atoms with van der Waals surface area (Å²) in [5.41, 5.74) is 0.302. The molecule has 1 amide bonds. The van der Waals surface area contributed by atoms with Crippen LogP contribution in [0.2, 0.25) is 0 Å². The lowest BCUT2D eigenvalue weighted by Gasteiger charge is -2.39. The van der Waals surface area contributed by atoms with E-state index in [1.807, 2.05) is 6.92 Å². The highest BCUT2D eigenvalue weighted by atomic mass is 19.1. The fourth-order valence-electron chi connectivity index (χ4n) is 2.98. The summed E-state index contributed by atoms with van der Waals surface area (Å²) in [6.07, 6.45) is 2.73. The zero-order chi connectivity index (χ0) is 14.6. The van der Waals surface area contributed by atoms with E-state index in [9.17, 15) is 9.18 Å². The predicted molar refractivity (Wildman–Crippen MR) is 79.3 cm³/mol. The molecule has 4 heteroatoms. The summed E-state index contributed by atoms with van der Waals surface area (Å²) in [4.78, 5) is 14.7. The molecule has 1 N–H and O–H groups in total. The summed E-state index contributed by atoms with van der Waals surface area (Å²) >= 11 is 0. The molecular formula is C16H23FN2O. The zero-order valence-corrected chi connectivity index (χ0v) is 12.3. The molecule has 20 heavy (non-hydrogen) atoms. The Morgan fingerprint density at radius 1 is 1.45 bits per heavy atom. The zero-order valence-electron chi connectivity index (χ0n) is 12.3. The molecule has 0 bridgehead atoms. The molecule has 2 rings (SSSR count). The number of anilines is 1. The van der Waals surface area contributed by atoms with Crippen molar-refractivity contribution in [3.63, 3.8) is 0 Å². The summed E-state index contributed by atoms with van der Waals surface area (Å²) in [5, 5.41) is 3.33. The van der Waals surface area contributed by atoms with Gasteiger partial charge in [0.25, 0.3) is 0 Å². The second-order valence-corrected chi connectivity index (χ2v) is 5.44. The van der Waals surface area contributed by atoms with Crippen molar-refractivity contribution in [2.24, 2.45) is 5.41 Å². The van der Waals surface area contributed by atoms with Crippen LogP contribution in [0.5, 0.6) is 0 Å². The van der Waals surface area contributed by atoms with Crippen molar-refractivity contribution in [2.45, 2.75) is 33.1 Å². The van der Waals surface area contributed by atoms with Crippen LogP contribution in [0.1, 0.15) is 33.1 Å². The van der Waals surface area contributed by atoms with Crippen LogP contribution in [0.15, 0.2) is 24.3 Å². The average Bonchev–Trinajstić information content (AvgIpc) is 2.48. The monoisotopic (exact) mass is 278 g/mol. The van der Waals surface area contributed by atoms with Crippen LogP contribution in [0.3, 0.4) is 0 Å². The molecule has 0 aliphatic carbocycles. The normalized spacial score (nSPS) is 22.6. The molecule has 1 aliphatic rings. The maximum atomic E-state index is 13.4. The van der Waals surface area contributed by atoms with Crippen molar-refractivity contribution in [3.05, 3.63) is 30.1 Å². The van der Waals surface area contributed by atoms with Gasteiger partial charge in [-0.15, -0.1) is 0 Å².